The molecule has 12 nitrogen and oxygen atoms in total. The Morgan fingerprint density at radius 3 is 2.63 bits per heavy atom. The van der Waals surface area contributed by atoms with Crippen LogP contribution < -0.4 is 20.4 Å². The van der Waals surface area contributed by atoms with Crippen molar-refractivity contribution in [2.24, 2.45) is 0 Å². The summed E-state index contributed by atoms with van der Waals surface area (Å²) >= 11 is 0. The SMILES string of the molecule is O=C(Nc1cnccc1N1CCNCC1)c1ncc(N2Cc3ccc(S(=O)(=O)N4CCCC4)cc3C2=O)o1. The zero-order chi connectivity index (χ0) is 26.3. The van der Waals surface area contributed by atoms with Gasteiger partial charge in [0, 0.05) is 51.0 Å². The number of benzene rings is 1. The lowest BCUT2D eigenvalue weighted by molar-refractivity contribution is 0.0972. The van der Waals surface area contributed by atoms with Crippen molar-refractivity contribution in [2.75, 3.05) is 54.4 Å². The molecule has 0 aliphatic carbocycles. The Labute approximate surface area is 219 Å². The van der Waals surface area contributed by atoms with E-state index in [0.717, 1.165) is 44.7 Å². The van der Waals surface area contributed by atoms with E-state index >= 15 is 0 Å². The highest BCUT2D eigenvalue weighted by molar-refractivity contribution is 7.89. The van der Waals surface area contributed by atoms with Gasteiger partial charge < -0.3 is 20.0 Å². The van der Waals surface area contributed by atoms with Crippen LogP contribution in [0.2, 0.25) is 0 Å². The minimum absolute atomic E-state index is 0.0998. The lowest BCUT2D eigenvalue weighted by Gasteiger charge is -2.30. The van der Waals surface area contributed by atoms with E-state index in [1.54, 1.807) is 18.5 Å². The summed E-state index contributed by atoms with van der Waals surface area (Å²) in [5.41, 5.74) is 2.36. The van der Waals surface area contributed by atoms with E-state index in [-0.39, 0.29) is 23.2 Å². The first kappa shape index (κ1) is 24.5. The number of fused-ring (bicyclic) bond motifs is 1. The molecule has 6 rings (SSSR count). The molecule has 3 aliphatic rings. The van der Waals surface area contributed by atoms with Crippen LogP contribution in [-0.2, 0) is 16.6 Å². The number of piperazine rings is 1. The molecule has 0 spiro atoms. The van der Waals surface area contributed by atoms with E-state index in [9.17, 15) is 18.0 Å². The van der Waals surface area contributed by atoms with Crippen molar-refractivity contribution in [3.05, 3.63) is 59.9 Å². The number of anilines is 3. The molecule has 0 unspecified atom stereocenters. The van der Waals surface area contributed by atoms with Crippen molar-refractivity contribution >= 4 is 39.1 Å². The van der Waals surface area contributed by atoms with Gasteiger partial charge in [0.2, 0.25) is 15.9 Å². The fourth-order valence-corrected chi connectivity index (χ4v) is 6.58. The first-order valence-electron chi connectivity index (χ1n) is 12.5. The van der Waals surface area contributed by atoms with Gasteiger partial charge in [-0.15, -0.1) is 0 Å². The second-order valence-corrected chi connectivity index (χ2v) is 11.3. The van der Waals surface area contributed by atoms with Crippen LogP contribution in [0.15, 0.2) is 52.2 Å². The van der Waals surface area contributed by atoms with Crippen LogP contribution in [0.1, 0.15) is 39.4 Å². The predicted octanol–water partition coefficient (Wildman–Crippen LogP) is 1.68. The number of nitrogens with zero attached hydrogens (tertiary/aromatic N) is 5. The van der Waals surface area contributed by atoms with Crippen molar-refractivity contribution in [1.82, 2.24) is 19.6 Å². The van der Waals surface area contributed by atoms with Gasteiger partial charge in [-0.2, -0.15) is 4.31 Å². The summed E-state index contributed by atoms with van der Waals surface area (Å²) in [5.74, 6) is -1.07. The molecule has 0 bridgehead atoms. The van der Waals surface area contributed by atoms with Gasteiger partial charge in [-0.3, -0.25) is 19.5 Å². The number of sulfonamides is 1. The maximum Gasteiger partial charge on any atom is 0.311 e. The maximum atomic E-state index is 13.2. The molecule has 2 N–H and O–H groups in total. The molecule has 1 aromatic carbocycles. The normalized spacial score (nSPS) is 18.2. The first-order chi connectivity index (χ1) is 18.4. The predicted molar refractivity (Wildman–Crippen MR) is 139 cm³/mol. The standard InChI is InChI=1S/C25H27N7O5S/c33-23(29-20-14-27-6-5-21(20)30-11-7-26-8-12-30)24-28-15-22(37-24)32-16-17-3-4-18(13-19(17)25(32)34)38(35,36)31-9-1-2-10-31/h3-6,13-15,26H,1-2,7-12,16H2,(H,29,33). The minimum atomic E-state index is -3.65. The molecule has 0 atom stereocenters. The molecule has 2 amide bonds. The van der Waals surface area contributed by atoms with E-state index < -0.39 is 21.8 Å². The summed E-state index contributed by atoms with van der Waals surface area (Å²) in [5, 5.41) is 6.11. The highest BCUT2D eigenvalue weighted by Crippen LogP contribution is 2.32. The molecule has 0 radical (unpaired) electrons. The average Bonchev–Trinajstić information content (AvgIpc) is 3.70. The van der Waals surface area contributed by atoms with Gasteiger partial charge in [0.05, 0.1) is 35.2 Å². The van der Waals surface area contributed by atoms with Crippen LogP contribution >= 0.6 is 0 Å². The van der Waals surface area contributed by atoms with Gasteiger partial charge in [-0.25, -0.2) is 13.4 Å². The van der Waals surface area contributed by atoms with E-state index in [1.165, 1.54) is 27.5 Å². The van der Waals surface area contributed by atoms with E-state index in [2.05, 4.69) is 25.5 Å². The summed E-state index contributed by atoms with van der Waals surface area (Å²) in [4.78, 5) is 38.0. The Morgan fingerprint density at radius 1 is 1.05 bits per heavy atom. The van der Waals surface area contributed by atoms with Crippen molar-refractivity contribution < 1.29 is 22.4 Å². The third kappa shape index (κ3) is 4.42. The van der Waals surface area contributed by atoms with Crippen LogP contribution in [0.4, 0.5) is 17.3 Å². The average molecular weight is 538 g/mol. The van der Waals surface area contributed by atoms with Gasteiger partial charge in [0.15, 0.2) is 0 Å². The van der Waals surface area contributed by atoms with Crippen LogP contribution in [0, 0.1) is 0 Å². The number of rotatable bonds is 6. The second-order valence-electron chi connectivity index (χ2n) is 9.41. The molecular formula is C25H27N7O5S. The summed E-state index contributed by atoms with van der Waals surface area (Å²) in [6, 6.07) is 6.46. The number of hydrogen-bond acceptors (Lipinski definition) is 9. The third-order valence-electron chi connectivity index (χ3n) is 7.05. The molecule has 2 fully saturated rings. The summed E-state index contributed by atoms with van der Waals surface area (Å²) < 4.78 is 33.1. The molecule has 198 valence electrons. The number of oxazole rings is 1. The molecule has 13 heteroatoms. The Kier molecular flexibility index (Phi) is 6.33. The van der Waals surface area contributed by atoms with Gasteiger partial charge in [-0.05, 0) is 36.6 Å². The second kappa shape index (κ2) is 9.82. The highest BCUT2D eigenvalue weighted by atomic mass is 32.2. The first-order valence-corrected chi connectivity index (χ1v) is 14.0. The Hall–Kier alpha value is -3.81. The molecule has 3 aromatic rings. The number of carbonyl (C=O) groups excluding carboxylic acids is 2. The molecule has 2 aromatic heterocycles. The molecule has 38 heavy (non-hydrogen) atoms. The van der Waals surface area contributed by atoms with E-state index in [1.807, 2.05) is 6.07 Å². The quantitative estimate of drug-likeness (QED) is 0.480. The number of hydrogen-bond donors (Lipinski definition) is 2. The van der Waals surface area contributed by atoms with Crippen molar-refractivity contribution in [2.45, 2.75) is 24.3 Å². The Morgan fingerprint density at radius 2 is 1.84 bits per heavy atom. The smallest absolute Gasteiger partial charge is 0.311 e. The molecule has 3 aliphatic heterocycles. The summed E-state index contributed by atoms with van der Waals surface area (Å²) in [7, 11) is -3.65. The van der Waals surface area contributed by atoms with Crippen molar-refractivity contribution in [3.63, 3.8) is 0 Å². The largest absolute Gasteiger partial charge is 0.416 e. The van der Waals surface area contributed by atoms with Gasteiger partial charge in [0.1, 0.15) is 0 Å². The number of amides is 2. The third-order valence-corrected chi connectivity index (χ3v) is 8.94. The minimum Gasteiger partial charge on any atom is -0.416 e. The lowest BCUT2D eigenvalue weighted by atomic mass is 10.1. The fraction of sp³-hybridized carbons (Fsp3) is 0.360. The summed E-state index contributed by atoms with van der Waals surface area (Å²) in [6.45, 7) is 4.44. The van der Waals surface area contributed by atoms with Crippen molar-refractivity contribution in [3.8, 4) is 0 Å². The zero-order valence-electron chi connectivity index (χ0n) is 20.6. The van der Waals surface area contributed by atoms with Gasteiger partial charge >= 0.3 is 5.91 Å². The number of nitrogens with one attached hydrogen (secondary N) is 2. The van der Waals surface area contributed by atoms with Gasteiger partial charge in [-0.1, -0.05) is 6.07 Å². The monoisotopic (exact) mass is 537 g/mol. The van der Waals surface area contributed by atoms with E-state index in [4.69, 9.17) is 4.42 Å². The molecule has 5 heterocycles. The molecule has 2 saturated heterocycles. The topological polar surface area (TPSA) is 141 Å². The maximum absolute atomic E-state index is 13.2. The summed E-state index contributed by atoms with van der Waals surface area (Å²) in [6.07, 6.45) is 6.23. The molecular weight excluding hydrogens is 510 g/mol. The fourth-order valence-electron chi connectivity index (χ4n) is 5.03. The lowest BCUT2D eigenvalue weighted by Crippen LogP contribution is -2.43. The zero-order valence-corrected chi connectivity index (χ0v) is 21.4. The van der Waals surface area contributed by atoms with Crippen molar-refractivity contribution in [1.29, 1.82) is 0 Å². The number of carbonyl (C=O) groups is 2. The van der Waals surface area contributed by atoms with Crippen LogP contribution in [0.3, 0.4) is 0 Å². The Balaban J connectivity index is 1.19. The van der Waals surface area contributed by atoms with Crippen LogP contribution in [0.25, 0.3) is 0 Å². The highest BCUT2D eigenvalue weighted by Gasteiger charge is 2.34. The number of aromatic nitrogens is 2. The Bertz CT molecular complexity index is 1490. The number of pyridine rings is 1. The van der Waals surface area contributed by atoms with E-state index in [0.29, 0.717) is 29.9 Å². The van der Waals surface area contributed by atoms with Crippen LogP contribution in [-0.4, -0.2) is 73.8 Å². The van der Waals surface area contributed by atoms with Gasteiger partial charge in [0.25, 0.3) is 11.8 Å². The molecule has 0 saturated carbocycles. The van der Waals surface area contributed by atoms with Crippen LogP contribution in [0.5, 0.6) is 0 Å².